The van der Waals surface area contributed by atoms with E-state index in [-0.39, 0.29) is 0 Å². The van der Waals surface area contributed by atoms with Gasteiger partial charge in [-0.05, 0) is 50.3 Å². The largest absolute Gasteiger partial charge is 0.449 e. The molecule has 0 unspecified atom stereocenters. The fraction of sp³-hybridized carbons (Fsp3) is 0.389. The summed E-state index contributed by atoms with van der Waals surface area (Å²) < 4.78 is 7.27. The van der Waals surface area contributed by atoms with Gasteiger partial charge in [-0.15, -0.1) is 11.3 Å². The summed E-state index contributed by atoms with van der Waals surface area (Å²) in [5.74, 6) is -1.20. The summed E-state index contributed by atoms with van der Waals surface area (Å²) in [7, 11) is 1.40. The molecule has 1 atom stereocenters. The van der Waals surface area contributed by atoms with Crippen molar-refractivity contribution in [3.05, 3.63) is 40.5 Å². The smallest absolute Gasteiger partial charge is 0.342 e. The minimum Gasteiger partial charge on any atom is -0.449 e. The van der Waals surface area contributed by atoms with Gasteiger partial charge in [0.15, 0.2) is 6.10 Å². The number of amides is 3. The number of aryl methyl sites for hydroxylation is 1. The number of thiophene rings is 1. The maximum absolute atomic E-state index is 12.9. The van der Waals surface area contributed by atoms with Crippen molar-refractivity contribution < 1.29 is 19.1 Å². The van der Waals surface area contributed by atoms with Gasteiger partial charge in [0.25, 0.3) is 5.91 Å². The van der Waals surface area contributed by atoms with Crippen LogP contribution < -0.4 is 10.6 Å². The number of fused-ring (bicyclic) bond motifs is 1. The van der Waals surface area contributed by atoms with Gasteiger partial charge in [-0.25, -0.2) is 9.59 Å². The normalized spacial score (nSPS) is 14.2. The average Bonchev–Trinajstić information content (AvgIpc) is 3.28. The highest BCUT2D eigenvalue weighted by molar-refractivity contribution is 7.15. The maximum atomic E-state index is 12.9. The van der Waals surface area contributed by atoms with Gasteiger partial charge < -0.3 is 14.6 Å². The summed E-state index contributed by atoms with van der Waals surface area (Å²) in [5.41, 5.74) is 1.55. The molecule has 0 saturated heterocycles. The monoisotopic (exact) mass is 375 g/mol. The Kier molecular flexibility index (Phi) is 5.41. The van der Waals surface area contributed by atoms with E-state index in [1.54, 1.807) is 11.3 Å². The van der Waals surface area contributed by atoms with E-state index < -0.39 is 24.0 Å². The van der Waals surface area contributed by atoms with E-state index in [2.05, 4.69) is 10.6 Å². The lowest BCUT2D eigenvalue weighted by atomic mass is 9.95. The number of aromatic nitrogens is 1. The topological polar surface area (TPSA) is 89.4 Å². The second-order valence-electron chi connectivity index (χ2n) is 6.10. The third-order valence-corrected chi connectivity index (χ3v) is 5.62. The number of nitrogens with zero attached hydrogens (tertiary/aromatic N) is 1. The Bertz CT molecular complexity index is 826. The van der Waals surface area contributed by atoms with Crippen LogP contribution in [0.2, 0.25) is 0 Å². The molecule has 0 spiro atoms. The van der Waals surface area contributed by atoms with Crippen molar-refractivity contribution in [3.63, 3.8) is 0 Å². The van der Waals surface area contributed by atoms with Crippen LogP contribution in [-0.4, -0.2) is 35.6 Å². The van der Waals surface area contributed by atoms with E-state index in [0.717, 1.165) is 36.2 Å². The summed E-state index contributed by atoms with van der Waals surface area (Å²) >= 11 is 1.60. The lowest BCUT2D eigenvalue weighted by molar-refractivity contribution is -0.127. The number of nitrogens with one attached hydrogen (secondary N) is 2. The molecule has 2 aromatic rings. The van der Waals surface area contributed by atoms with Crippen molar-refractivity contribution in [2.45, 2.75) is 38.7 Å². The highest BCUT2D eigenvalue weighted by Crippen LogP contribution is 2.37. The van der Waals surface area contributed by atoms with Gasteiger partial charge in [-0.1, -0.05) is 0 Å². The first-order valence-corrected chi connectivity index (χ1v) is 9.34. The van der Waals surface area contributed by atoms with E-state index in [9.17, 15) is 14.4 Å². The fourth-order valence-corrected chi connectivity index (χ4v) is 4.31. The van der Waals surface area contributed by atoms with E-state index in [4.69, 9.17) is 4.74 Å². The second-order valence-corrected chi connectivity index (χ2v) is 7.18. The third kappa shape index (κ3) is 3.65. The Morgan fingerprint density at radius 1 is 1.19 bits per heavy atom. The Morgan fingerprint density at radius 2 is 1.88 bits per heavy atom. The van der Waals surface area contributed by atoms with Crippen LogP contribution in [-0.2, 0) is 22.4 Å². The number of urea groups is 1. The van der Waals surface area contributed by atoms with Crippen molar-refractivity contribution in [1.82, 2.24) is 15.2 Å². The Labute approximate surface area is 155 Å². The molecular formula is C18H21N3O4S. The molecule has 0 bridgehead atoms. The summed E-state index contributed by atoms with van der Waals surface area (Å²) in [6.45, 7) is 1.45. The average molecular weight is 375 g/mol. The van der Waals surface area contributed by atoms with Crippen LogP contribution in [0.15, 0.2) is 24.5 Å². The number of imide groups is 1. The minimum atomic E-state index is -1.07. The van der Waals surface area contributed by atoms with Gasteiger partial charge >= 0.3 is 12.0 Å². The van der Waals surface area contributed by atoms with Crippen molar-refractivity contribution in [3.8, 4) is 5.00 Å². The van der Waals surface area contributed by atoms with Crippen molar-refractivity contribution in [2.75, 3.05) is 7.05 Å². The molecule has 0 radical (unpaired) electrons. The van der Waals surface area contributed by atoms with E-state index in [0.29, 0.717) is 5.56 Å². The van der Waals surface area contributed by atoms with Crippen molar-refractivity contribution in [2.24, 2.45) is 0 Å². The van der Waals surface area contributed by atoms with E-state index in [1.165, 1.54) is 18.8 Å². The number of hydrogen-bond acceptors (Lipinski definition) is 5. The molecular weight excluding hydrogens is 354 g/mol. The van der Waals surface area contributed by atoms with Crippen molar-refractivity contribution in [1.29, 1.82) is 0 Å². The zero-order chi connectivity index (χ0) is 18.7. The molecule has 0 saturated carbocycles. The summed E-state index contributed by atoms with van der Waals surface area (Å²) in [6.07, 6.45) is 6.62. The maximum Gasteiger partial charge on any atom is 0.342 e. The summed E-state index contributed by atoms with van der Waals surface area (Å²) in [6, 6.07) is 3.15. The molecule has 1 aliphatic carbocycles. The fourth-order valence-electron chi connectivity index (χ4n) is 2.96. The molecule has 26 heavy (non-hydrogen) atoms. The SMILES string of the molecule is CNC(=O)NC(=O)[C@H](C)OC(=O)c1c(-n2cccc2)sc2c1CCCC2. The van der Waals surface area contributed by atoms with Crippen LogP contribution in [0, 0.1) is 0 Å². The molecule has 0 aliphatic heterocycles. The van der Waals surface area contributed by atoms with Gasteiger partial charge in [0.05, 0.1) is 5.56 Å². The molecule has 2 heterocycles. The zero-order valence-electron chi connectivity index (χ0n) is 14.7. The molecule has 0 aromatic carbocycles. The van der Waals surface area contributed by atoms with E-state index >= 15 is 0 Å². The number of hydrogen-bond donors (Lipinski definition) is 2. The summed E-state index contributed by atoms with van der Waals surface area (Å²) in [5, 5.41) is 5.21. The molecule has 8 heteroatoms. The summed E-state index contributed by atoms with van der Waals surface area (Å²) in [4.78, 5) is 37.3. The Morgan fingerprint density at radius 3 is 2.58 bits per heavy atom. The zero-order valence-corrected chi connectivity index (χ0v) is 15.5. The first-order chi connectivity index (χ1) is 12.5. The highest BCUT2D eigenvalue weighted by Gasteiger charge is 2.29. The number of esters is 1. The number of carbonyl (C=O) groups excluding carboxylic acids is 3. The lowest BCUT2D eigenvalue weighted by Crippen LogP contribution is -2.43. The highest BCUT2D eigenvalue weighted by atomic mass is 32.1. The Hall–Kier alpha value is -2.61. The number of rotatable bonds is 4. The van der Waals surface area contributed by atoms with Crippen LogP contribution in [0.1, 0.15) is 40.6 Å². The minimum absolute atomic E-state index is 0.528. The first kappa shape index (κ1) is 18.2. The molecule has 3 amide bonds. The predicted octanol–water partition coefficient (Wildman–Crippen LogP) is 2.42. The van der Waals surface area contributed by atoms with Crippen LogP contribution in [0.3, 0.4) is 0 Å². The van der Waals surface area contributed by atoms with Gasteiger partial charge in [-0.3, -0.25) is 10.1 Å². The quantitative estimate of drug-likeness (QED) is 0.803. The van der Waals surface area contributed by atoms with Crippen LogP contribution in [0.5, 0.6) is 0 Å². The molecule has 7 nitrogen and oxygen atoms in total. The second kappa shape index (κ2) is 7.74. The van der Waals surface area contributed by atoms with Crippen LogP contribution in [0.25, 0.3) is 5.00 Å². The predicted molar refractivity (Wildman–Crippen MR) is 97.8 cm³/mol. The third-order valence-electron chi connectivity index (χ3n) is 4.31. The molecule has 2 N–H and O–H groups in total. The van der Waals surface area contributed by atoms with Gasteiger partial charge in [0, 0.05) is 24.3 Å². The van der Waals surface area contributed by atoms with Crippen molar-refractivity contribution >= 4 is 29.2 Å². The Balaban J connectivity index is 1.86. The standard InChI is InChI=1S/C18H21N3O4S/c1-11(15(22)20-18(24)19-2)25-17(23)14-12-7-3-4-8-13(12)26-16(14)21-9-5-6-10-21/h5-6,9-11H,3-4,7-8H2,1-2H3,(H2,19,20,22,24)/t11-/m0/s1. The molecule has 2 aromatic heterocycles. The lowest BCUT2D eigenvalue weighted by Gasteiger charge is -2.16. The number of ether oxygens (including phenoxy) is 1. The molecule has 138 valence electrons. The molecule has 0 fully saturated rings. The molecule has 1 aliphatic rings. The van der Waals surface area contributed by atoms with Gasteiger partial charge in [0.1, 0.15) is 5.00 Å². The van der Waals surface area contributed by atoms with Crippen LogP contribution in [0.4, 0.5) is 4.79 Å². The van der Waals surface area contributed by atoms with Crippen LogP contribution >= 0.6 is 11.3 Å². The molecule has 3 rings (SSSR count). The van der Waals surface area contributed by atoms with Gasteiger partial charge in [-0.2, -0.15) is 0 Å². The van der Waals surface area contributed by atoms with Gasteiger partial charge in [0.2, 0.25) is 0 Å². The first-order valence-electron chi connectivity index (χ1n) is 8.52. The number of carbonyl (C=O) groups is 3. The van der Waals surface area contributed by atoms with E-state index in [1.807, 2.05) is 29.1 Å².